The predicted octanol–water partition coefficient (Wildman–Crippen LogP) is 0.816. The van der Waals surface area contributed by atoms with Crippen molar-refractivity contribution < 1.29 is 22.7 Å². The predicted molar refractivity (Wildman–Crippen MR) is 92.4 cm³/mol. The summed E-state index contributed by atoms with van der Waals surface area (Å²) in [4.78, 5) is 25.4. The number of aromatic amines is 1. The first kappa shape index (κ1) is 21.2. The molecule has 1 aromatic heterocycles. The summed E-state index contributed by atoms with van der Waals surface area (Å²) in [6.07, 6.45) is -3.68. The number of halogens is 3. The quantitative estimate of drug-likeness (QED) is 0.595. The second-order valence-electron chi connectivity index (χ2n) is 6.50. The van der Waals surface area contributed by atoms with Crippen molar-refractivity contribution in [2.45, 2.75) is 38.5 Å². The molecular formula is C16H24F3N5O3. The van der Waals surface area contributed by atoms with Crippen LogP contribution in [0.3, 0.4) is 0 Å². The lowest BCUT2D eigenvalue weighted by Gasteiger charge is -2.34. The topological polar surface area (TPSA) is 99.3 Å². The number of hydrogen-bond acceptors (Lipinski definition) is 6. The van der Waals surface area contributed by atoms with Crippen LogP contribution in [-0.4, -0.2) is 65.9 Å². The lowest BCUT2D eigenvalue weighted by atomic mass is 10.2. The molecular weight excluding hydrogens is 367 g/mol. The van der Waals surface area contributed by atoms with Crippen LogP contribution in [-0.2, 0) is 15.7 Å². The van der Waals surface area contributed by atoms with Crippen LogP contribution in [0.2, 0.25) is 0 Å². The molecule has 0 aromatic carbocycles. The maximum Gasteiger partial charge on any atom is 0.423 e. The SMILES string of the molecule is CC1CNCCN1C(=O)CCOC[C@H](C)Nc1cn[nH]c(=O)c1C(F)(F)F. The Hall–Kier alpha value is -2.14. The van der Waals surface area contributed by atoms with Gasteiger partial charge in [-0.05, 0) is 13.8 Å². The Balaban J connectivity index is 1.80. The average Bonchev–Trinajstić information content (AvgIpc) is 2.58. The van der Waals surface area contributed by atoms with Gasteiger partial charge >= 0.3 is 6.18 Å². The van der Waals surface area contributed by atoms with Gasteiger partial charge in [0.1, 0.15) is 5.56 Å². The maximum atomic E-state index is 13.0. The highest BCUT2D eigenvalue weighted by atomic mass is 19.4. The van der Waals surface area contributed by atoms with E-state index in [0.717, 1.165) is 19.3 Å². The van der Waals surface area contributed by atoms with Crippen molar-refractivity contribution in [1.82, 2.24) is 20.4 Å². The van der Waals surface area contributed by atoms with Crippen LogP contribution in [0.15, 0.2) is 11.0 Å². The van der Waals surface area contributed by atoms with Gasteiger partial charge < -0.3 is 20.3 Å². The summed E-state index contributed by atoms with van der Waals surface area (Å²) in [6, 6.07) is -0.390. The van der Waals surface area contributed by atoms with Crippen molar-refractivity contribution in [1.29, 1.82) is 0 Å². The van der Waals surface area contributed by atoms with E-state index in [4.69, 9.17) is 4.74 Å². The number of hydrogen-bond donors (Lipinski definition) is 3. The van der Waals surface area contributed by atoms with Crippen molar-refractivity contribution in [3.05, 3.63) is 22.1 Å². The van der Waals surface area contributed by atoms with Gasteiger partial charge in [-0.25, -0.2) is 5.10 Å². The highest BCUT2D eigenvalue weighted by Gasteiger charge is 2.37. The molecule has 0 radical (unpaired) electrons. The van der Waals surface area contributed by atoms with Gasteiger partial charge in [-0.1, -0.05) is 0 Å². The summed E-state index contributed by atoms with van der Waals surface area (Å²) in [6.45, 7) is 5.97. The van der Waals surface area contributed by atoms with Gasteiger partial charge in [-0.2, -0.15) is 18.3 Å². The number of piperazine rings is 1. The summed E-state index contributed by atoms with van der Waals surface area (Å²) < 4.78 is 44.4. The molecule has 0 saturated carbocycles. The van der Waals surface area contributed by atoms with Gasteiger partial charge in [0.2, 0.25) is 5.91 Å². The molecule has 152 valence electrons. The minimum absolute atomic E-state index is 0.0113. The molecule has 11 heteroatoms. The van der Waals surface area contributed by atoms with Crippen LogP contribution in [0.1, 0.15) is 25.8 Å². The number of ether oxygens (including phenoxy) is 1. The number of nitrogens with one attached hydrogen (secondary N) is 3. The van der Waals surface area contributed by atoms with Crippen molar-refractivity contribution in [2.24, 2.45) is 0 Å². The van der Waals surface area contributed by atoms with E-state index in [2.05, 4.69) is 15.7 Å². The third-order valence-electron chi connectivity index (χ3n) is 4.19. The Morgan fingerprint density at radius 1 is 1.52 bits per heavy atom. The summed E-state index contributed by atoms with van der Waals surface area (Å²) in [5.74, 6) is -0.0113. The average molecular weight is 391 g/mol. The molecule has 1 saturated heterocycles. The fourth-order valence-corrected chi connectivity index (χ4v) is 2.87. The zero-order chi connectivity index (χ0) is 20.0. The summed E-state index contributed by atoms with van der Waals surface area (Å²) >= 11 is 0. The molecule has 0 aliphatic carbocycles. The van der Waals surface area contributed by atoms with Crippen LogP contribution >= 0.6 is 0 Å². The molecule has 0 spiro atoms. The van der Waals surface area contributed by atoms with Crippen LogP contribution in [0.4, 0.5) is 18.9 Å². The Kier molecular flexibility index (Phi) is 7.19. The minimum atomic E-state index is -4.80. The molecule has 2 atom stereocenters. The van der Waals surface area contributed by atoms with Gasteiger partial charge in [0.15, 0.2) is 0 Å². The first-order chi connectivity index (χ1) is 12.7. The van der Waals surface area contributed by atoms with Gasteiger partial charge in [0, 0.05) is 31.7 Å². The second-order valence-corrected chi connectivity index (χ2v) is 6.50. The van der Waals surface area contributed by atoms with E-state index < -0.39 is 29.0 Å². The summed E-state index contributed by atoms with van der Waals surface area (Å²) in [5, 5.41) is 11.0. The number of carbonyl (C=O) groups is 1. The number of rotatable bonds is 7. The molecule has 2 rings (SSSR count). The van der Waals surface area contributed by atoms with Gasteiger partial charge in [0.25, 0.3) is 5.56 Å². The largest absolute Gasteiger partial charge is 0.423 e. The molecule has 1 aliphatic heterocycles. The molecule has 0 bridgehead atoms. The zero-order valence-electron chi connectivity index (χ0n) is 15.2. The van der Waals surface area contributed by atoms with Gasteiger partial charge in [-0.3, -0.25) is 9.59 Å². The fraction of sp³-hybridized carbons (Fsp3) is 0.688. The molecule has 8 nitrogen and oxygen atoms in total. The molecule has 2 heterocycles. The normalized spacial score (nSPS) is 19.0. The third kappa shape index (κ3) is 5.93. The van der Waals surface area contributed by atoms with E-state index in [1.807, 2.05) is 6.92 Å². The van der Waals surface area contributed by atoms with Crippen molar-refractivity contribution in [3.63, 3.8) is 0 Å². The van der Waals surface area contributed by atoms with Crippen LogP contribution in [0.25, 0.3) is 0 Å². The van der Waals surface area contributed by atoms with E-state index in [1.54, 1.807) is 16.9 Å². The highest BCUT2D eigenvalue weighted by Crippen LogP contribution is 2.31. The number of H-pyrrole nitrogens is 1. The van der Waals surface area contributed by atoms with Crippen molar-refractivity contribution in [2.75, 3.05) is 38.2 Å². The van der Waals surface area contributed by atoms with Gasteiger partial charge in [0.05, 0.1) is 31.5 Å². The highest BCUT2D eigenvalue weighted by molar-refractivity contribution is 5.76. The van der Waals surface area contributed by atoms with Crippen LogP contribution in [0, 0.1) is 0 Å². The number of alkyl halides is 3. The molecule has 1 aliphatic rings. The van der Waals surface area contributed by atoms with Gasteiger partial charge in [-0.15, -0.1) is 0 Å². The fourth-order valence-electron chi connectivity index (χ4n) is 2.87. The van der Waals surface area contributed by atoms with Crippen molar-refractivity contribution in [3.8, 4) is 0 Å². The minimum Gasteiger partial charge on any atom is -0.379 e. The lowest BCUT2D eigenvalue weighted by molar-refractivity contribution is -0.138. The molecule has 27 heavy (non-hydrogen) atoms. The van der Waals surface area contributed by atoms with E-state index in [-0.39, 0.29) is 31.6 Å². The first-order valence-corrected chi connectivity index (χ1v) is 8.69. The molecule has 1 unspecified atom stereocenters. The molecule has 3 N–H and O–H groups in total. The van der Waals surface area contributed by atoms with Crippen molar-refractivity contribution >= 4 is 11.6 Å². The summed E-state index contributed by atoms with van der Waals surface area (Å²) in [7, 11) is 0. The molecule has 1 aromatic rings. The monoisotopic (exact) mass is 391 g/mol. The Bertz CT molecular complexity index is 695. The standard InChI is InChI=1S/C16H24F3N5O3/c1-10(22-12-8-21-23-15(26)14(12)16(17,18)19)9-27-6-3-13(25)24-5-4-20-7-11(24)2/h8,10-11,20H,3-7,9H2,1-2H3,(H2,22,23,26)/t10-,11?/m0/s1. The zero-order valence-corrected chi connectivity index (χ0v) is 15.2. The van der Waals surface area contributed by atoms with E-state index in [1.165, 1.54) is 0 Å². The van der Waals surface area contributed by atoms with E-state index in [9.17, 15) is 22.8 Å². The van der Waals surface area contributed by atoms with E-state index >= 15 is 0 Å². The third-order valence-corrected chi connectivity index (χ3v) is 4.19. The van der Waals surface area contributed by atoms with E-state index in [0.29, 0.717) is 6.54 Å². The number of nitrogens with zero attached hydrogens (tertiary/aromatic N) is 2. The Morgan fingerprint density at radius 2 is 2.26 bits per heavy atom. The van der Waals surface area contributed by atoms with Crippen LogP contribution < -0.4 is 16.2 Å². The Morgan fingerprint density at radius 3 is 2.93 bits per heavy atom. The smallest absolute Gasteiger partial charge is 0.379 e. The Labute approximate surface area is 154 Å². The number of carbonyl (C=O) groups excluding carboxylic acids is 1. The molecule has 1 fully saturated rings. The number of aromatic nitrogens is 2. The number of anilines is 1. The molecule has 1 amide bonds. The summed E-state index contributed by atoms with van der Waals surface area (Å²) in [5.41, 5.74) is -3.04. The lowest BCUT2D eigenvalue weighted by Crippen LogP contribution is -2.52. The second kappa shape index (κ2) is 9.18. The number of amides is 1. The first-order valence-electron chi connectivity index (χ1n) is 8.69. The van der Waals surface area contributed by atoms with Crippen LogP contribution in [0.5, 0.6) is 0 Å². The maximum absolute atomic E-state index is 13.0.